The first kappa shape index (κ1) is 39.1. The molecule has 316 valence electrons. The van der Waals surface area contributed by atoms with Crippen LogP contribution in [0.5, 0.6) is 0 Å². The molecule has 2 heteroatoms. The lowest BCUT2D eigenvalue weighted by molar-refractivity contribution is 0.713. The van der Waals surface area contributed by atoms with Crippen LogP contribution in [0.1, 0.15) is 51.3 Å². The molecule has 10 aromatic carbocycles. The van der Waals surface area contributed by atoms with Gasteiger partial charge in [0.25, 0.3) is 0 Å². The molecule has 0 saturated heterocycles. The molecule has 1 unspecified atom stereocenters. The van der Waals surface area contributed by atoms with Crippen LogP contribution < -0.4 is 4.90 Å². The highest BCUT2D eigenvalue weighted by molar-refractivity contribution is 5.96. The van der Waals surface area contributed by atoms with Gasteiger partial charge in [0.1, 0.15) is 0 Å². The first-order chi connectivity index (χ1) is 33.2. The molecule has 1 heterocycles. The smallest absolute Gasteiger partial charge is 0.0932 e. The van der Waals surface area contributed by atoms with E-state index >= 15 is 0 Å². The molecule has 2 nitrogen and oxygen atoms in total. The Morgan fingerprint density at radius 2 is 0.896 bits per heavy atom. The van der Waals surface area contributed by atoms with Gasteiger partial charge in [-0.15, -0.1) is 0 Å². The number of benzene rings is 10. The van der Waals surface area contributed by atoms with Crippen molar-refractivity contribution < 1.29 is 0 Å². The molecule has 3 aliphatic rings. The molecule has 1 aliphatic heterocycles. The molecule has 1 saturated carbocycles. The van der Waals surface area contributed by atoms with Gasteiger partial charge in [-0.25, -0.2) is 0 Å². The quantitative estimate of drug-likeness (QED) is 0.139. The summed E-state index contributed by atoms with van der Waals surface area (Å²) in [7, 11) is 0. The fraction of sp³-hybridized carbons (Fsp3) is 0.0615. The Kier molecular flexibility index (Phi) is 9.15. The van der Waals surface area contributed by atoms with Crippen LogP contribution in [0.3, 0.4) is 0 Å². The number of fused-ring (bicyclic) bond motifs is 9. The van der Waals surface area contributed by atoms with Crippen LogP contribution in [0.2, 0.25) is 0 Å². The Morgan fingerprint density at radius 3 is 1.60 bits per heavy atom. The molecule has 2 aliphatic carbocycles. The van der Waals surface area contributed by atoms with Crippen LogP contribution in [0.25, 0.3) is 44.5 Å². The normalized spacial score (nSPS) is 17.1. The summed E-state index contributed by atoms with van der Waals surface area (Å²) in [6, 6.07) is 93.6. The first-order valence-corrected chi connectivity index (χ1v) is 23.4. The minimum absolute atomic E-state index is 0.299. The molecule has 13 rings (SSSR count). The third-order valence-corrected chi connectivity index (χ3v) is 14.6. The molecule has 1 spiro atoms. The van der Waals surface area contributed by atoms with E-state index in [0.29, 0.717) is 5.92 Å². The van der Waals surface area contributed by atoms with E-state index in [1.807, 2.05) is 0 Å². The summed E-state index contributed by atoms with van der Waals surface area (Å²) >= 11 is 0. The Hall–Kier alpha value is -8.33. The van der Waals surface area contributed by atoms with E-state index in [1.54, 1.807) is 0 Å². The van der Waals surface area contributed by atoms with E-state index in [1.165, 1.54) is 89.3 Å². The second-order valence-corrected chi connectivity index (χ2v) is 18.3. The van der Waals surface area contributed by atoms with Gasteiger partial charge in [0.05, 0.1) is 22.3 Å². The highest BCUT2D eigenvalue weighted by Crippen LogP contribution is 2.64. The first-order valence-electron chi connectivity index (χ1n) is 23.4. The zero-order chi connectivity index (χ0) is 44.4. The van der Waals surface area contributed by atoms with Gasteiger partial charge in [0, 0.05) is 17.8 Å². The van der Waals surface area contributed by atoms with Crippen LogP contribution >= 0.6 is 0 Å². The molecule has 2 atom stereocenters. The zero-order valence-electron chi connectivity index (χ0n) is 37.0. The van der Waals surface area contributed by atoms with Crippen molar-refractivity contribution in [1.82, 2.24) is 0 Å². The summed E-state index contributed by atoms with van der Waals surface area (Å²) in [6.07, 6.45) is 3.06. The van der Waals surface area contributed by atoms with Gasteiger partial charge >= 0.3 is 0 Å². The fourth-order valence-electron chi connectivity index (χ4n) is 11.4. The fourth-order valence-corrected chi connectivity index (χ4v) is 11.4. The molecule has 67 heavy (non-hydrogen) atoms. The van der Waals surface area contributed by atoms with E-state index in [-0.39, 0.29) is 5.54 Å². The van der Waals surface area contributed by atoms with E-state index in [2.05, 4.69) is 266 Å². The van der Waals surface area contributed by atoms with E-state index in [0.717, 1.165) is 17.7 Å². The lowest BCUT2D eigenvalue weighted by Gasteiger charge is -2.45. The maximum Gasteiger partial charge on any atom is 0.0932 e. The topological polar surface area (TPSA) is 15.6 Å². The monoisotopic (exact) mass is 854 g/mol. The number of hydrogen-bond acceptors (Lipinski definition) is 2. The Bertz CT molecular complexity index is 3450. The van der Waals surface area contributed by atoms with E-state index < -0.39 is 5.41 Å². The van der Waals surface area contributed by atoms with Crippen molar-refractivity contribution in [1.29, 1.82) is 0 Å². The average molecular weight is 855 g/mol. The minimum atomic E-state index is -0.509. The van der Waals surface area contributed by atoms with Crippen molar-refractivity contribution >= 4 is 23.3 Å². The number of para-hydroxylation sites is 3. The average Bonchev–Trinajstić information content (AvgIpc) is 4.09. The lowest BCUT2D eigenvalue weighted by atomic mass is 9.64. The second kappa shape index (κ2) is 15.7. The molecule has 0 amide bonds. The molecule has 0 bridgehead atoms. The van der Waals surface area contributed by atoms with Crippen LogP contribution in [0, 0.1) is 0 Å². The van der Waals surface area contributed by atoms with Gasteiger partial charge in [0.2, 0.25) is 0 Å². The third kappa shape index (κ3) is 6.28. The van der Waals surface area contributed by atoms with Crippen molar-refractivity contribution in [3.63, 3.8) is 0 Å². The summed E-state index contributed by atoms with van der Waals surface area (Å²) < 4.78 is 0. The number of anilines is 3. The highest BCUT2D eigenvalue weighted by atomic mass is 15.2. The zero-order valence-corrected chi connectivity index (χ0v) is 37.0. The maximum atomic E-state index is 5.49. The summed E-state index contributed by atoms with van der Waals surface area (Å²) in [6.45, 7) is 0. The Morgan fingerprint density at radius 1 is 0.388 bits per heavy atom. The van der Waals surface area contributed by atoms with Gasteiger partial charge in [-0.05, 0) is 132 Å². The summed E-state index contributed by atoms with van der Waals surface area (Å²) in [4.78, 5) is 7.93. The summed E-state index contributed by atoms with van der Waals surface area (Å²) in [5.41, 5.74) is 21.4. The summed E-state index contributed by atoms with van der Waals surface area (Å²) in [5.74, 6) is 0.299. The van der Waals surface area contributed by atoms with E-state index in [9.17, 15) is 0 Å². The van der Waals surface area contributed by atoms with Crippen LogP contribution in [-0.4, -0.2) is 6.21 Å². The Labute approximate surface area is 392 Å². The van der Waals surface area contributed by atoms with Crippen molar-refractivity contribution in [2.45, 2.75) is 23.3 Å². The number of nitrogens with zero attached hydrogens (tertiary/aromatic N) is 2. The van der Waals surface area contributed by atoms with Crippen LogP contribution in [-0.2, 0) is 11.0 Å². The minimum Gasteiger partial charge on any atom is -0.310 e. The largest absolute Gasteiger partial charge is 0.310 e. The van der Waals surface area contributed by atoms with Gasteiger partial charge in [0.15, 0.2) is 0 Å². The predicted molar refractivity (Wildman–Crippen MR) is 278 cm³/mol. The highest BCUT2D eigenvalue weighted by Gasteiger charge is 2.56. The molecular formula is C65H46N2. The second-order valence-electron chi connectivity index (χ2n) is 18.3. The van der Waals surface area contributed by atoms with E-state index in [4.69, 9.17) is 4.99 Å². The van der Waals surface area contributed by atoms with Crippen molar-refractivity contribution in [3.8, 4) is 44.5 Å². The van der Waals surface area contributed by atoms with Crippen molar-refractivity contribution in [2.24, 2.45) is 4.99 Å². The molecular weight excluding hydrogens is 809 g/mol. The number of hydrogen-bond donors (Lipinski definition) is 0. The van der Waals surface area contributed by atoms with Gasteiger partial charge in [-0.1, -0.05) is 212 Å². The summed E-state index contributed by atoms with van der Waals surface area (Å²) in [5, 5.41) is 0. The van der Waals surface area contributed by atoms with Crippen molar-refractivity contribution in [3.05, 3.63) is 294 Å². The molecule has 0 N–H and O–H groups in total. The van der Waals surface area contributed by atoms with Gasteiger partial charge in [-0.2, -0.15) is 0 Å². The SMILES string of the molecule is C(=N\[C@]1(c2cccc(-c3cccc(-c4ccc5c(c4)C4(c6ccccc6-5)c5ccccc5N(c5ccccc5)c5ccccc54)c3)c2)CC1c1ccccc1)/c1ccc(-c2ccccc2)cc1. The van der Waals surface area contributed by atoms with Crippen molar-refractivity contribution in [2.75, 3.05) is 4.90 Å². The van der Waals surface area contributed by atoms with Gasteiger partial charge < -0.3 is 4.90 Å². The van der Waals surface area contributed by atoms with Crippen LogP contribution in [0.4, 0.5) is 17.1 Å². The molecule has 0 radical (unpaired) electrons. The molecule has 10 aromatic rings. The third-order valence-electron chi connectivity index (χ3n) is 14.6. The number of rotatable bonds is 8. The van der Waals surface area contributed by atoms with Gasteiger partial charge in [-0.3, -0.25) is 4.99 Å². The number of aliphatic imine (C=N–C) groups is 1. The van der Waals surface area contributed by atoms with Crippen LogP contribution in [0.15, 0.2) is 260 Å². The lowest BCUT2D eigenvalue weighted by Crippen LogP contribution is -2.36. The molecule has 0 aromatic heterocycles. The maximum absolute atomic E-state index is 5.49. The standard InChI is InChI=1S/C65H46N2/c1-4-18-46(19-5-1)47-36-34-45(35-37-47)44-66-64(43-61(64)48-20-6-2-7-21-48)53-25-17-24-51(41-53)49-22-16-23-50(40-49)52-38-39-56-55-28-10-11-29-57(55)65(60(56)42-52)58-30-12-14-32-62(58)67(54-26-8-3-9-27-54)63-33-15-13-31-59(63)65/h1-42,44,61H,43H2/b66-44+/t61?,64-/m0/s1. The molecule has 1 fully saturated rings. The predicted octanol–water partition coefficient (Wildman–Crippen LogP) is 16.3. The Balaban J connectivity index is 0.897.